The number of carbonyl (C=O) groups is 3. The number of aromatic nitrogens is 1. The van der Waals surface area contributed by atoms with Gasteiger partial charge in [-0.3, -0.25) is 14.5 Å². The van der Waals surface area contributed by atoms with Crippen LogP contribution in [-0.4, -0.2) is 42.0 Å². The van der Waals surface area contributed by atoms with E-state index in [1.165, 1.54) is 25.2 Å². The molecule has 4 rings (SSSR count). The Balaban J connectivity index is 1.86. The molecule has 2 aromatic heterocycles. The molecule has 1 aliphatic heterocycles. The number of rotatable bonds is 6. The number of carbonyl (C=O) groups excluding carboxylic acids is 3. The van der Waals surface area contributed by atoms with E-state index < -0.39 is 29.5 Å². The lowest BCUT2D eigenvalue weighted by atomic mass is 9.95. The van der Waals surface area contributed by atoms with E-state index in [0.29, 0.717) is 22.8 Å². The Bertz CT molecular complexity index is 1290. The van der Waals surface area contributed by atoms with Gasteiger partial charge in [-0.05, 0) is 43.7 Å². The van der Waals surface area contributed by atoms with Crippen LogP contribution < -0.4 is 9.64 Å². The molecule has 1 aliphatic rings. The van der Waals surface area contributed by atoms with Crippen LogP contribution in [0.2, 0.25) is 0 Å². The molecule has 0 bridgehead atoms. The van der Waals surface area contributed by atoms with Gasteiger partial charge in [-0.25, -0.2) is 9.78 Å². The summed E-state index contributed by atoms with van der Waals surface area (Å²) in [5.74, 6) is -1.65. The molecule has 0 saturated carbocycles. The van der Waals surface area contributed by atoms with E-state index in [1.807, 2.05) is 0 Å². The van der Waals surface area contributed by atoms with Gasteiger partial charge in [0, 0.05) is 0 Å². The quantitative estimate of drug-likeness (QED) is 0.427. The smallest absolute Gasteiger partial charge is 0.350 e. The third-order valence-corrected chi connectivity index (χ3v) is 6.35. The van der Waals surface area contributed by atoms with Crippen molar-refractivity contribution >= 4 is 34.1 Å². The molecule has 0 fully saturated rings. The average molecular weight is 468 g/mol. The number of methoxy groups -OCH3 is 2. The van der Waals surface area contributed by atoms with Crippen molar-refractivity contribution in [2.24, 2.45) is 0 Å². The van der Waals surface area contributed by atoms with Crippen LogP contribution in [0.4, 0.5) is 5.13 Å². The maximum Gasteiger partial charge on any atom is 0.350 e. The van der Waals surface area contributed by atoms with E-state index >= 15 is 0 Å². The highest BCUT2D eigenvalue weighted by molar-refractivity contribution is 7.17. The molecule has 3 aromatic rings. The summed E-state index contributed by atoms with van der Waals surface area (Å²) in [6.45, 7) is 3.30. The Kier molecular flexibility index (Phi) is 5.77. The summed E-state index contributed by atoms with van der Waals surface area (Å²) in [5, 5.41) is 10.9. The standard InChI is InChI=1S/C23H20N2O7S/c1-11-5-10-15(32-11)18(26)16-17(13-6-8-14(30-3)9-7-13)25(21(28)19(16)27)23-24-12(2)20(33-23)22(29)31-4/h5-10,17,27H,1-4H3/t17-/m0/s1. The van der Waals surface area contributed by atoms with Crippen LogP contribution >= 0.6 is 11.3 Å². The highest BCUT2D eigenvalue weighted by Crippen LogP contribution is 2.44. The first-order valence-corrected chi connectivity index (χ1v) is 10.7. The maximum atomic E-state index is 13.3. The summed E-state index contributed by atoms with van der Waals surface area (Å²) < 4.78 is 15.4. The van der Waals surface area contributed by atoms with Crippen LogP contribution in [-0.2, 0) is 9.53 Å². The second-order valence-corrected chi connectivity index (χ2v) is 8.23. The number of thiazole rings is 1. The summed E-state index contributed by atoms with van der Waals surface area (Å²) in [6.07, 6.45) is 0. The fraction of sp³-hybridized carbons (Fsp3) is 0.217. The number of aliphatic hydroxyl groups is 1. The molecule has 3 heterocycles. The summed E-state index contributed by atoms with van der Waals surface area (Å²) in [7, 11) is 2.77. The van der Waals surface area contributed by atoms with Crippen molar-refractivity contribution in [1.82, 2.24) is 4.98 Å². The van der Waals surface area contributed by atoms with Gasteiger partial charge in [0.25, 0.3) is 5.91 Å². The molecular formula is C23H20N2O7S. The van der Waals surface area contributed by atoms with E-state index in [1.54, 1.807) is 44.2 Å². The third kappa shape index (κ3) is 3.78. The number of anilines is 1. The minimum atomic E-state index is -1.00. The summed E-state index contributed by atoms with van der Waals surface area (Å²) in [5.41, 5.74) is 0.753. The molecule has 170 valence electrons. The predicted molar refractivity (Wildman–Crippen MR) is 119 cm³/mol. The molecule has 33 heavy (non-hydrogen) atoms. The molecular weight excluding hydrogens is 448 g/mol. The first-order valence-electron chi connectivity index (χ1n) is 9.84. The molecule has 10 heteroatoms. The average Bonchev–Trinajstić information content (AvgIpc) is 3.49. The number of furan rings is 1. The Morgan fingerprint density at radius 3 is 2.39 bits per heavy atom. The number of hydrogen-bond donors (Lipinski definition) is 1. The van der Waals surface area contributed by atoms with Crippen molar-refractivity contribution in [3.63, 3.8) is 0 Å². The van der Waals surface area contributed by atoms with Crippen molar-refractivity contribution in [1.29, 1.82) is 0 Å². The van der Waals surface area contributed by atoms with Crippen LogP contribution in [0.1, 0.15) is 43.3 Å². The number of aryl methyl sites for hydroxylation is 2. The number of esters is 1. The second-order valence-electron chi connectivity index (χ2n) is 7.26. The zero-order valence-corrected chi connectivity index (χ0v) is 19.1. The summed E-state index contributed by atoms with van der Waals surface area (Å²) >= 11 is 0.937. The highest BCUT2D eigenvalue weighted by Gasteiger charge is 2.46. The molecule has 1 N–H and O–H groups in total. The number of Topliss-reactive ketones (excluding diaryl/α,β-unsaturated/α-hetero) is 1. The van der Waals surface area contributed by atoms with Gasteiger partial charge in [0.1, 0.15) is 16.4 Å². The van der Waals surface area contributed by atoms with E-state index in [0.717, 1.165) is 11.3 Å². The number of ketones is 1. The second kappa shape index (κ2) is 8.55. The van der Waals surface area contributed by atoms with Crippen molar-refractivity contribution in [2.45, 2.75) is 19.9 Å². The number of nitrogens with zero attached hydrogens (tertiary/aromatic N) is 2. The van der Waals surface area contributed by atoms with Crippen LogP contribution in [0.25, 0.3) is 0 Å². The van der Waals surface area contributed by atoms with Gasteiger partial charge in [0.05, 0.1) is 31.5 Å². The largest absolute Gasteiger partial charge is 0.503 e. The van der Waals surface area contributed by atoms with Crippen LogP contribution in [0.3, 0.4) is 0 Å². The fourth-order valence-corrected chi connectivity index (χ4v) is 4.60. The van der Waals surface area contributed by atoms with Gasteiger partial charge in [-0.1, -0.05) is 23.5 Å². The normalized spacial score (nSPS) is 15.8. The van der Waals surface area contributed by atoms with Gasteiger partial charge in [0.15, 0.2) is 16.7 Å². The van der Waals surface area contributed by atoms with Crippen molar-refractivity contribution in [3.8, 4) is 5.75 Å². The topological polar surface area (TPSA) is 119 Å². The van der Waals surface area contributed by atoms with Gasteiger partial charge in [0.2, 0.25) is 5.78 Å². The minimum absolute atomic E-state index is 0.00668. The number of ether oxygens (including phenoxy) is 2. The van der Waals surface area contributed by atoms with Crippen LogP contribution in [0.15, 0.2) is 52.1 Å². The molecule has 0 aliphatic carbocycles. The van der Waals surface area contributed by atoms with Gasteiger partial charge >= 0.3 is 5.97 Å². The molecule has 9 nitrogen and oxygen atoms in total. The molecule has 1 aromatic carbocycles. The Hall–Kier alpha value is -3.92. The van der Waals surface area contributed by atoms with Crippen molar-refractivity contribution in [3.05, 3.63) is 75.4 Å². The Morgan fingerprint density at radius 2 is 1.82 bits per heavy atom. The molecule has 0 unspecified atom stereocenters. The highest BCUT2D eigenvalue weighted by atomic mass is 32.1. The van der Waals surface area contributed by atoms with Crippen molar-refractivity contribution in [2.75, 3.05) is 19.1 Å². The van der Waals surface area contributed by atoms with Gasteiger partial charge in [-0.2, -0.15) is 0 Å². The lowest BCUT2D eigenvalue weighted by Crippen LogP contribution is -2.31. The lowest BCUT2D eigenvalue weighted by molar-refractivity contribution is -0.117. The van der Waals surface area contributed by atoms with E-state index in [-0.39, 0.29) is 21.3 Å². The first-order chi connectivity index (χ1) is 15.8. The maximum absolute atomic E-state index is 13.3. The van der Waals surface area contributed by atoms with E-state index in [2.05, 4.69) is 4.98 Å². The zero-order valence-electron chi connectivity index (χ0n) is 18.2. The molecule has 0 spiro atoms. The molecule has 0 saturated heterocycles. The predicted octanol–water partition coefficient (Wildman–Crippen LogP) is 3.93. The number of aliphatic hydroxyl groups excluding tert-OH is 1. The van der Waals surface area contributed by atoms with Crippen molar-refractivity contribution < 1.29 is 33.4 Å². The third-order valence-electron chi connectivity index (χ3n) is 5.21. The van der Waals surface area contributed by atoms with Gasteiger partial charge < -0.3 is 19.0 Å². The number of benzene rings is 1. The molecule has 0 radical (unpaired) electrons. The lowest BCUT2D eigenvalue weighted by Gasteiger charge is -2.24. The van der Waals surface area contributed by atoms with E-state index in [9.17, 15) is 19.5 Å². The molecule has 1 atom stereocenters. The Morgan fingerprint density at radius 1 is 1.12 bits per heavy atom. The Labute approximate surface area is 192 Å². The fourth-order valence-electron chi connectivity index (χ4n) is 3.59. The van der Waals surface area contributed by atoms with Crippen LogP contribution in [0.5, 0.6) is 5.75 Å². The SMILES string of the molecule is COC(=O)c1sc(N2C(=O)C(O)=C(C(=O)c3ccc(C)o3)[C@@H]2c2ccc(OC)cc2)nc1C. The monoisotopic (exact) mass is 468 g/mol. The first kappa shape index (κ1) is 22.3. The molecule has 1 amide bonds. The number of amides is 1. The number of hydrogen-bond acceptors (Lipinski definition) is 9. The minimum Gasteiger partial charge on any atom is -0.503 e. The van der Waals surface area contributed by atoms with E-state index in [4.69, 9.17) is 13.9 Å². The summed E-state index contributed by atoms with van der Waals surface area (Å²) in [6, 6.07) is 8.83. The zero-order chi connectivity index (χ0) is 23.9. The van der Waals surface area contributed by atoms with Crippen LogP contribution in [0, 0.1) is 13.8 Å². The van der Waals surface area contributed by atoms with Gasteiger partial charge in [-0.15, -0.1) is 0 Å². The summed E-state index contributed by atoms with van der Waals surface area (Å²) in [4.78, 5) is 44.4.